The maximum absolute atomic E-state index is 10.9. The lowest BCUT2D eigenvalue weighted by Gasteiger charge is -2.21. The summed E-state index contributed by atoms with van der Waals surface area (Å²) >= 11 is 0. The Kier molecular flexibility index (Phi) is 3.89. The Morgan fingerprint density at radius 3 is 2.71 bits per heavy atom. The minimum absolute atomic E-state index is 0.413. The van der Waals surface area contributed by atoms with Crippen molar-refractivity contribution in [2.75, 3.05) is 14.1 Å². The number of hydrogen-bond acceptors (Lipinski definition) is 2. The highest BCUT2D eigenvalue weighted by atomic mass is 16.4. The fourth-order valence-electron chi connectivity index (χ4n) is 1.53. The molecule has 0 aromatic rings. The lowest BCUT2D eigenvalue weighted by molar-refractivity contribution is -0.142. The zero-order chi connectivity index (χ0) is 10.6. The summed E-state index contributed by atoms with van der Waals surface area (Å²) < 4.78 is 0. The Morgan fingerprint density at radius 1 is 1.57 bits per heavy atom. The molecule has 0 aliphatic heterocycles. The van der Waals surface area contributed by atoms with Crippen molar-refractivity contribution in [3.63, 3.8) is 0 Å². The van der Waals surface area contributed by atoms with Crippen LogP contribution in [-0.2, 0) is 4.79 Å². The summed E-state index contributed by atoms with van der Waals surface area (Å²) in [6.45, 7) is 0. The van der Waals surface area contributed by atoms with Crippen LogP contribution in [0, 0.1) is 0 Å². The predicted octanol–water partition coefficient (Wildman–Crippen LogP) is 1.67. The van der Waals surface area contributed by atoms with E-state index in [9.17, 15) is 4.79 Å². The van der Waals surface area contributed by atoms with Crippen molar-refractivity contribution >= 4 is 5.97 Å². The summed E-state index contributed by atoms with van der Waals surface area (Å²) in [5.41, 5.74) is 1.14. The van der Waals surface area contributed by atoms with E-state index in [0.29, 0.717) is 6.42 Å². The van der Waals surface area contributed by atoms with Gasteiger partial charge in [0.2, 0.25) is 0 Å². The monoisotopic (exact) mass is 195 g/mol. The number of aliphatic carboxylic acids is 1. The summed E-state index contributed by atoms with van der Waals surface area (Å²) in [6, 6.07) is -0.413. The zero-order valence-corrected chi connectivity index (χ0v) is 8.73. The van der Waals surface area contributed by atoms with E-state index in [1.54, 1.807) is 19.0 Å². The molecule has 1 aliphatic rings. The maximum atomic E-state index is 10.9. The molecule has 0 bridgehead atoms. The van der Waals surface area contributed by atoms with Gasteiger partial charge in [-0.25, -0.2) is 0 Å². The molecule has 14 heavy (non-hydrogen) atoms. The fourth-order valence-corrected chi connectivity index (χ4v) is 1.53. The van der Waals surface area contributed by atoms with Gasteiger partial charge in [0.05, 0.1) is 0 Å². The third kappa shape index (κ3) is 3.00. The molecule has 0 fully saturated rings. The second-order valence-corrected chi connectivity index (χ2v) is 3.78. The van der Waals surface area contributed by atoms with Gasteiger partial charge in [-0.3, -0.25) is 9.69 Å². The number of allylic oxidation sites excluding steroid dienone is 3. The van der Waals surface area contributed by atoms with Crippen molar-refractivity contribution in [3.05, 3.63) is 23.8 Å². The predicted molar refractivity (Wildman–Crippen MR) is 56.2 cm³/mol. The topological polar surface area (TPSA) is 40.5 Å². The van der Waals surface area contributed by atoms with Gasteiger partial charge in [-0.15, -0.1) is 0 Å². The van der Waals surface area contributed by atoms with Crippen LogP contribution < -0.4 is 0 Å². The smallest absolute Gasteiger partial charge is 0.321 e. The summed E-state index contributed by atoms with van der Waals surface area (Å²) in [6.07, 6.45) is 8.96. The molecule has 0 amide bonds. The van der Waals surface area contributed by atoms with E-state index in [1.807, 2.05) is 6.08 Å². The van der Waals surface area contributed by atoms with Gasteiger partial charge in [-0.05, 0) is 33.4 Å². The first kappa shape index (κ1) is 11.0. The fraction of sp³-hybridized carbons (Fsp3) is 0.545. The van der Waals surface area contributed by atoms with Crippen LogP contribution in [0.15, 0.2) is 23.8 Å². The molecule has 0 saturated heterocycles. The molecule has 3 nitrogen and oxygen atoms in total. The first-order valence-corrected chi connectivity index (χ1v) is 4.86. The maximum Gasteiger partial charge on any atom is 0.321 e. The highest BCUT2D eigenvalue weighted by molar-refractivity contribution is 5.74. The first-order chi connectivity index (χ1) is 6.61. The van der Waals surface area contributed by atoms with Gasteiger partial charge in [-0.2, -0.15) is 0 Å². The van der Waals surface area contributed by atoms with Crippen molar-refractivity contribution in [2.45, 2.75) is 25.3 Å². The average molecular weight is 195 g/mol. The summed E-state index contributed by atoms with van der Waals surface area (Å²) in [5, 5.41) is 8.98. The summed E-state index contributed by atoms with van der Waals surface area (Å²) in [7, 11) is 3.60. The van der Waals surface area contributed by atoms with E-state index in [2.05, 4.69) is 12.2 Å². The number of rotatable bonds is 4. The quantitative estimate of drug-likeness (QED) is 0.741. The number of carboxylic acid groups (broad SMARTS) is 1. The van der Waals surface area contributed by atoms with Crippen molar-refractivity contribution in [1.82, 2.24) is 4.90 Å². The summed E-state index contributed by atoms with van der Waals surface area (Å²) in [5.74, 6) is -0.755. The van der Waals surface area contributed by atoms with Gasteiger partial charge in [0, 0.05) is 0 Å². The van der Waals surface area contributed by atoms with Crippen molar-refractivity contribution < 1.29 is 9.90 Å². The third-order valence-electron chi connectivity index (χ3n) is 2.41. The molecular formula is C11H17NO2. The Balaban J connectivity index is 2.59. The average Bonchev–Trinajstić information content (AvgIpc) is 2.15. The molecule has 1 unspecified atom stereocenters. The Bertz CT molecular complexity index is 266. The molecule has 0 aromatic carbocycles. The number of hydrogen-bond donors (Lipinski definition) is 1. The Morgan fingerprint density at radius 2 is 2.29 bits per heavy atom. The second-order valence-electron chi connectivity index (χ2n) is 3.78. The van der Waals surface area contributed by atoms with Crippen molar-refractivity contribution in [3.8, 4) is 0 Å². The lowest BCUT2D eigenvalue weighted by Crippen LogP contribution is -2.35. The van der Waals surface area contributed by atoms with Crippen LogP contribution in [-0.4, -0.2) is 36.1 Å². The van der Waals surface area contributed by atoms with Crippen LogP contribution in [0.1, 0.15) is 19.3 Å². The SMILES string of the molecule is CN(C)C(CC1=CCCC=C1)C(=O)O. The molecule has 0 spiro atoms. The third-order valence-corrected chi connectivity index (χ3v) is 2.41. The molecule has 1 aliphatic carbocycles. The van der Waals surface area contributed by atoms with Crippen LogP contribution in [0.5, 0.6) is 0 Å². The molecule has 0 heterocycles. The highest BCUT2D eigenvalue weighted by Crippen LogP contribution is 2.16. The van der Waals surface area contributed by atoms with E-state index in [-0.39, 0.29) is 0 Å². The van der Waals surface area contributed by atoms with Crippen LogP contribution in [0.3, 0.4) is 0 Å². The van der Waals surface area contributed by atoms with Gasteiger partial charge in [0.15, 0.2) is 0 Å². The lowest BCUT2D eigenvalue weighted by atomic mass is 10.00. The van der Waals surface area contributed by atoms with Crippen LogP contribution >= 0.6 is 0 Å². The first-order valence-electron chi connectivity index (χ1n) is 4.86. The minimum Gasteiger partial charge on any atom is -0.480 e. The van der Waals surface area contributed by atoms with Crippen LogP contribution in [0.2, 0.25) is 0 Å². The largest absolute Gasteiger partial charge is 0.480 e. The van der Waals surface area contributed by atoms with Crippen LogP contribution in [0.4, 0.5) is 0 Å². The second kappa shape index (κ2) is 4.96. The number of carboxylic acids is 1. The zero-order valence-electron chi connectivity index (χ0n) is 8.73. The Hall–Kier alpha value is -1.09. The van der Waals surface area contributed by atoms with Crippen molar-refractivity contribution in [1.29, 1.82) is 0 Å². The van der Waals surface area contributed by atoms with E-state index >= 15 is 0 Å². The van der Waals surface area contributed by atoms with E-state index in [0.717, 1.165) is 18.4 Å². The van der Waals surface area contributed by atoms with E-state index in [4.69, 9.17) is 5.11 Å². The van der Waals surface area contributed by atoms with Gasteiger partial charge < -0.3 is 5.11 Å². The molecule has 3 heteroatoms. The molecule has 0 aromatic heterocycles. The van der Waals surface area contributed by atoms with Gasteiger partial charge >= 0.3 is 5.97 Å². The van der Waals surface area contributed by atoms with Gasteiger partial charge in [0.25, 0.3) is 0 Å². The van der Waals surface area contributed by atoms with Gasteiger partial charge in [-0.1, -0.05) is 23.8 Å². The van der Waals surface area contributed by atoms with E-state index in [1.165, 1.54) is 0 Å². The minimum atomic E-state index is -0.755. The van der Waals surface area contributed by atoms with Gasteiger partial charge in [0.1, 0.15) is 6.04 Å². The molecule has 0 radical (unpaired) electrons. The standard InChI is InChI=1S/C11H17NO2/c1-12(2)10(11(13)14)8-9-6-4-3-5-7-9/h4,6-7,10H,3,5,8H2,1-2H3,(H,13,14). The summed E-state index contributed by atoms with van der Waals surface area (Å²) in [4.78, 5) is 12.7. The molecule has 1 atom stereocenters. The van der Waals surface area contributed by atoms with Crippen LogP contribution in [0.25, 0.3) is 0 Å². The number of likely N-dealkylation sites (N-methyl/N-ethyl adjacent to an activating group) is 1. The number of nitrogens with zero attached hydrogens (tertiary/aromatic N) is 1. The molecular weight excluding hydrogens is 178 g/mol. The molecule has 78 valence electrons. The number of carbonyl (C=O) groups is 1. The normalized spacial score (nSPS) is 18.1. The highest BCUT2D eigenvalue weighted by Gasteiger charge is 2.20. The van der Waals surface area contributed by atoms with E-state index < -0.39 is 12.0 Å². The Labute approximate surface area is 84.7 Å². The molecule has 1 N–H and O–H groups in total. The molecule has 0 saturated carbocycles. The van der Waals surface area contributed by atoms with Crippen molar-refractivity contribution in [2.24, 2.45) is 0 Å². The molecule has 1 rings (SSSR count).